The summed E-state index contributed by atoms with van der Waals surface area (Å²) in [5.74, 6) is -0.591. The van der Waals surface area contributed by atoms with Crippen LogP contribution in [0.3, 0.4) is 0 Å². The van der Waals surface area contributed by atoms with E-state index in [1.54, 1.807) is 6.20 Å². The topological polar surface area (TPSA) is 61.6 Å². The van der Waals surface area contributed by atoms with E-state index in [4.69, 9.17) is 4.98 Å². The SMILES string of the molecule is O=C(O)N1CCC(c2nc(-c3ccc(F)c(C(F)(F)F)c3)cn2C[C@H]2CCCCN2Cc2ccccc2)CC1. The number of likely N-dealkylation sites (tertiary alicyclic amines) is 2. The number of rotatable bonds is 6. The maximum absolute atomic E-state index is 14.0. The zero-order chi connectivity index (χ0) is 27.6. The highest BCUT2D eigenvalue weighted by atomic mass is 19.4. The van der Waals surface area contributed by atoms with Gasteiger partial charge in [-0.05, 0) is 56.0 Å². The highest BCUT2D eigenvalue weighted by Crippen LogP contribution is 2.36. The molecule has 0 bridgehead atoms. The van der Waals surface area contributed by atoms with Crippen molar-refractivity contribution >= 4 is 6.09 Å². The van der Waals surface area contributed by atoms with Crippen molar-refractivity contribution in [3.05, 3.63) is 77.5 Å². The fourth-order valence-electron chi connectivity index (χ4n) is 5.79. The predicted molar refractivity (Wildman–Crippen MR) is 139 cm³/mol. The molecule has 0 unspecified atom stereocenters. The molecule has 5 rings (SSSR count). The minimum Gasteiger partial charge on any atom is -0.465 e. The number of amides is 1. The summed E-state index contributed by atoms with van der Waals surface area (Å²) in [7, 11) is 0. The Morgan fingerprint density at radius 2 is 1.74 bits per heavy atom. The van der Waals surface area contributed by atoms with Gasteiger partial charge in [-0.3, -0.25) is 4.90 Å². The molecule has 0 spiro atoms. The standard InChI is InChI=1S/C29H32F4N4O2/c30-25-10-9-22(16-24(25)29(31,32)33)26-19-37(27(34-26)21-11-14-35(15-12-21)28(38)39)18-23-8-4-5-13-36(23)17-20-6-2-1-3-7-20/h1-3,6-7,9-10,16,19,21,23H,4-5,8,11-15,17-18H2,(H,38,39)/t23-/m1/s1. The fraction of sp³-hybridized carbons (Fsp3) is 0.448. The first-order valence-corrected chi connectivity index (χ1v) is 13.4. The van der Waals surface area contributed by atoms with E-state index in [0.29, 0.717) is 38.2 Å². The molecular formula is C29H32F4N4O2. The number of piperidine rings is 2. The van der Waals surface area contributed by atoms with Gasteiger partial charge in [0.25, 0.3) is 0 Å². The van der Waals surface area contributed by atoms with Gasteiger partial charge in [0.2, 0.25) is 0 Å². The summed E-state index contributed by atoms with van der Waals surface area (Å²) in [6.07, 6.45) is 0.368. The molecule has 1 amide bonds. The van der Waals surface area contributed by atoms with Crippen LogP contribution in [0.2, 0.25) is 0 Å². The average molecular weight is 545 g/mol. The van der Waals surface area contributed by atoms with E-state index in [0.717, 1.165) is 50.3 Å². The lowest BCUT2D eigenvalue weighted by molar-refractivity contribution is -0.139. The molecular weight excluding hydrogens is 512 g/mol. The number of carbonyl (C=O) groups is 1. The Morgan fingerprint density at radius 1 is 1.00 bits per heavy atom. The largest absolute Gasteiger partial charge is 0.465 e. The lowest BCUT2D eigenvalue weighted by Crippen LogP contribution is -2.42. The van der Waals surface area contributed by atoms with E-state index in [-0.39, 0.29) is 17.5 Å². The van der Waals surface area contributed by atoms with Gasteiger partial charge in [-0.1, -0.05) is 36.8 Å². The maximum atomic E-state index is 14.0. The molecule has 1 N–H and O–H groups in total. The van der Waals surface area contributed by atoms with E-state index < -0.39 is 23.7 Å². The number of hydrogen-bond donors (Lipinski definition) is 1. The van der Waals surface area contributed by atoms with Gasteiger partial charge in [-0.25, -0.2) is 14.2 Å². The Balaban J connectivity index is 1.46. The van der Waals surface area contributed by atoms with Crippen LogP contribution >= 0.6 is 0 Å². The third kappa shape index (κ3) is 6.27. The molecule has 2 aromatic carbocycles. The minimum atomic E-state index is -4.81. The molecule has 39 heavy (non-hydrogen) atoms. The van der Waals surface area contributed by atoms with Crippen LogP contribution in [0.25, 0.3) is 11.3 Å². The van der Waals surface area contributed by atoms with E-state index in [2.05, 4.69) is 17.0 Å². The van der Waals surface area contributed by atoms with Gasteiger partial charge in [0.1, 0.15) is 11.6 Å². The van der Waals surface area contributed by atoms with Crippen molar-refractivity contribution in [1.82, 2.24) is 19.4 Å². The van der Waals surface area contributed by atoms with E-state index >= 15 is 0 Å². The number of aromatic nitrogens is 2. The quantitative estimate of drug-likeness (QED) is 0.355. The molecule has 2 saturated heterocycles. The summed E-state index contributed by atoms with van der Waals surface area (Å²) in [4.78, 5) is 20.0. The lowest BCUT2D eigenvalue weighted by Gasteiger charge is -2.37. The van der Waals surface area contributed by atoms with Gasteiger partial charge in [0.05, 0.1) is 11.3 Å². The molecule has 1 aromatic heterocycles. The molecule has 0 radical (unpaired) electrons. The average Bonchev–Trinajstić information content (AvgIpc) is 3.34. The number of alkyl halides is 3. The molecule has 2 aliphatic rings. The van der Waals surface area contributed by atoms with Crippen molar-refractivity contribution in [2.75, 3.05) is 19.6 Å². The van der Waals surface area contributed by atoms with Crippen LogP contribution in [0.4, 0.5) is 22.4 Å². The predicted octanol–water partition coefficient (Wildman–Crippen LogP) is 6.62. The van der Waals surface area contributed by atoms with Crippen LogP contribution < -0.4 is 0 Å². The van der Waals surface area contributed by atoms with Gasteiger partial charge in [0.15, 0.2) is 0 Å². The normalized spacial score (nSPS) is 19.4. The third-order valence-corrected chi connectivity index (χ3v) is 7.89. The van der Waals surface area contributed by atoms with Crippen molar-refractivity contribution in [1.29, 1.82) is 0 Å². The number of imidazole rings is 1. The Bertz CT molecular complexity index is 1290. The van der Waals surface area contributed by atoms with E-state index in [1.165, 1.54) is 16.5 Å². The number of benzene rings is 2. The Kier molecular flexibility index (Phi) is 7.93. The smallest absolute Gasteiger partial charge is 0.419 e. The summed E-state index contributed by atoms with van der Waals surface area (Å²) in [5.41, 5.74) is 0.480. The second-order valence-electron chi connectivity index (χ2n) is 10.5. The summed E-state index contributed by atoms with van der Waals surface area (Å²) in [6.45, 7) is 3.15. The van der Waals surface area contributed by atoms with Gasteiger partial charge in [-0.15, -0.1) is 0 Å². The molecule has 6 nitrogen and oxygen atoms in total. The summed E-state index contributed by atoms with van der Waals surface area (Å²) >= 11 is 0. The second-order valence-corrected chi connectivity index (χ2v) is 10.5. The van der Waals surface area contributed by atoms with Crippen LogP contribution in [0.5, 0.6) is 0 Å². The molecule has 1 atom stereocenters. The van der Waals surface area contributed by atoms with Crippen LogP contribution in [-0.2, 0) is 19.3 Å². The number of halogens is 4. The molecule has 2 fully saturated rings. The van der Waals surface area contributed by atoms with Crippen molar-refractivity contribution in [2.24, 2.45) is 0 Å². The van der Waals surface area contributed by atoms with Gasteiger partial charge < -0.3 is 14.6 Å². The highest BCUT2D eigenvalue weighted by Gasteiger charge is 2.35. The highest BCUT2D eigenvalue weighted by molar-refractivity contribution is 5.65. The van der Waals surface area contributed by atoms with Crippen molar-refractivity contribution < 1.29 is 27.5 Å². The molecule has 208 valence electrons. The van der Waals surface area contributed by atoms with Crippen molar-refractivity contribution in [2.45, 2.75) is 63.3 Å². The van der Waals surface area contributed by atoms with Crippen LogP contribution in [-0.4, -0.2) is 56.2 Å². The maximum Gasteiger partial charge on any atom is 0.419 e. The first-order chi connectivity index (χ1) is 18.7. The van der Waals surface area contributed by atoms with E-state index in [1.807, 2.05) is 22.8 Å². The van der Waals surface area contributed by atoms with Crippen LogP contribution in [0, 0.1) is 5.82 Å². The first-order valence-electron chi connectivity index (χ1n) is 13.4. The monoisotopic (exact) mass is 544 g/mol. The zero-order valence-electron chi connectivity index (χ0n) is 21.6. The van der Waals surface area contributed by atoms with Crippen LogP contribution in [0.15, 0.2) is 54.7 Å². The summed E-state index contributed by atoms with van der Waals surface area (Å²) in [6, 6.07) is 13.5. The fourth-order valence-corrected chi connectivity index (χ4v) is 5.79. The van der Waals surface area contributed by atoms with Gasteiger partial charge in [0, 0.05) is 49.9 Å². The molecule has 0 saturated carbocycles. The third-order valence-electron chi connectivity index (χ3n) is 7.89. The van der Waals surface area contributed by atoms with Crippen LogP contribution in [0.1, 0.15) is 55.0 Å². The Morgan fingerprint density at radius 3 is 2.44 bits per heavy atom. The molecule has 3 aromatic rings. The Hall–Kier alpha value is -3.40. The lowest BCUT2D eigenvalue weighted by atomic mass is 9.95. The van der Waals surface area contributed by atoms with E-state index in [9.17, 15) is 27.5 Å². The van der Waals surface area contributed by atoms with Gasteiger partial charge in [-0.2, -0.15) is 13.2 Å². The minimum absolute atomic E-state index is 0.0250. The zero-order valence-corrected chi connectivity index (χ0v) is 21.6. The Labute approximate surface area is 224 Å². The van der Waals surface area contributed by atoms with Gasteiger partial charge >= 0.3 is 12.3 Å². The summed E-state index contributed by atoms with van der Waals surface area (Å²) < 4.78 is 56.3. The molecule has 3 heterocycles. The van der Waals surface area contributed by atoms with Crippen molar-refractivity contribution in [3.8, 4) is 11.3 Å². The molecule has 2 aliphatic heterocycles. The summed E-state index contributed by atoms with van der Waals surface area (Å²) in [5, 5.41) is 9.36. The number of hydrogen-bond acceptors (Lipinski definition) is 3. The molecule has 10 heteroatoms. The molecule has 0 aliphatic carbocycles. The first kappa shape index (κ1) is 27.2. The second kappa shape index (κ2) is 11.4. The number of carboxylic acid groups (broad SMARTS) is 1. The van der Waals surface area contributed by atoms with Crippen molar-refractivity contribution in [3.63, 3.8) is 0 Å². The number of nitrogens with zero attached hydrogens (tertiary/aromatic N) is 4.